The molecular weight excluding hydrogens is 284 g/mol. The minimum atomic E-state index is -0.273. The van der Waals surface area contributed by atoms with Crippen molar-refractivity contribution in [2.75, 3.05) is 20.2 Å². The molecule has 1 aliphatic heterocycles. The van der Waals surface area contributed by atoms with E-state index in [1.807, 2.05) is 22.4 Å². The standard InChI is InChI=1S/C14H20N6O2/c1-18-12(9-19-7-5-15-10-19)16-17-13(18)11-4-3-6-20(8-11)14(21)22-2/h5,7,10-11H,3-4,6,8-9H2,1-2H3/t11-/m0/s1. The van der Waals surface area contributed by atoms with Crippen LogP contribution in [0.2, 0.25) is 0 Å². The van der Waals surface area contributed by atoms with E-state index in [1.54, 1.807) is 17.4 Å². The number of piperidine rings is 1. The number of hydrogen-bond donors (Lipinski definition) is 0. The van der Waals surface area contributed by atoms with Crippen LogP contribution in [-0.2, 0) is 18.3 Å². The number of likely N-dealkylation sites (tertiary alicyclic amines) is 1. The van der Waals surface area contributed by atoms with Crippen LogP contribution in [0.4, 0.5) is 4.79 Å². The molecule has 8 heteroatoms. The number of rotatable bonds is 3. The minimum Gasteiger partial charge on any atom is -0.453 e. The lowest BCUT2D eigenvalue weighted by atomic mass is 9.97. The van der Waals surface area contributed by atoms with Gasteiger partial charge in [-0.3, -0.25) is 0 Å². The summed E-state index contributed by atoms with van der Waals surface area (Å²) in [5.41, 5.74) is 0. The van der Waals surface area contributed by atoms with Gasteiger partial charge in [0.25, 0.3) is 0 Å². The molecule has 3 heterocycles. The molecule has 3 rings (SSSR count). The summed E-state index contributed by atoms with van der Waals surface area (Å²) in [5.74, 6) is 1.99. The lowest BCUT2D eigenvalue weighted by molar-refractivity contribution is 0.110. The zero-order chi connectivity index (χ0) is 15.5. The van der Waals surface area contributed by atoms with Gasteiger partial charge in [0.2, 0.25) is 0 Å². The zero-order valence-electron chi connectivity index (χ0n) is 12.8. The monoisotopic (exact) mass is 304 g/mol. The zero-order valence-corrected chi connectivity index (χ0v) is 12.8. The highest BCUT2D eigenvalue weighted by Gasteiger charge is 2.28. The Hall–Kier alpha value is -2.38. The molecule has 0 spiro atoms. The van der Waals surface area contributed by atoms with Crippen LogP contribution < -0.4 is 0 Å². The lowest BCUT2D eigenvalue weighted by Gasteiger charge is -2.31. The van der Waals surface area contributed by atoms with Crippen LogP contribution in [0.3, 0.4) is 0 Å². The molecule has 1 saturated heterocycles. The predicted octanol–water partition coefficient (Wildman–Crippen LogP) is 1.01. The number of carbonyl (C=O) groups excluding carboxylic acids is 1. The maximum Gasteiger partial charge on any atom is 0.409 e. The minimum absolute atomic E-state index is 0.196. The van der Waals surface area contributed by atoms with Crippen molar-refractivity contribution in [1.82, 2.24) is 29.2 Å². The third-order valence-corrected chi connectivity index (χ3v) is 4.10. The first-order valence-corrected chi connectivity index (χ1v) is 7.36. The Balaban J connectivity index is 1.74. The van der Waals surface area contributed by atoms with Crippen molar-refractivity contribution in [3.8, 4) is 0 Å². The van der Waals surface area contributed by atoms with E-state index < -0.39 is 0 Å². The van der Waals surface area contributed by atoms with Crippen molar-refractivity contribution < 1.29 is 9.53 Å². The Morgan fingerprint density at radius 1 is 1.45 bits per heavy atom. The molecule has 0 aliphatic carbocycles. The van der Waals surface area contributed by atoms with Crippen molar-refractivity contribution in [2.45, 2.75) is 25.3 Å². The molecule has 22 heavy (non-hydrogen) atoms. The summed E-state index contributed by atoms with van der Waals surface area (Å²) in [6, 6.07) is 0. The smallest absolute Gasteiger partial charge is 0.409 e. The number of ether oxygens (including phenoxy) is 1. The van der Waals surface area contributed by atoms with Crippen molar-refractivity contribution in [1.29, 1.82) is 0 Å². The molecule has 0 bridgehead atoms. The fourth-order valence-electron chi connectivity index (χ4n) is 2.89. The number of hydrogen-bond acceptors (Lipinski definition) is 5. The van der Waals surface area contributed by atoms with Gasteiger partial charge in [0, 0.05) is 38.4 Å². The van der Waals surface area contributed by atoms with E-state index in [4.69, 9.17) is 4.74 Å². The van der Waals surface area contributed by atoms with Crippen molar-refractivity contribution in [3.63, 3.8) is 0 Å². The third-order valence-electron chi connectivity index (χ3n) is 4.10. The molecule has 1 atom stereocenters. The third kappa shape index (κ3) is 2.81. The van der Waals surface area contributed by atoms with Crippen LogP contribution in [0, 0.1) is 0 Å². The SMILES string of the molecule is COC(=O)N1CCC[C@H](c2nnc(Cn3ccnc3)n2C)C1. The number of carbonyl (C=O) groups is 1. The number of aromatic nitrogens is 5. The number of imidazole rings is 1. The fraction of sp³-hybridized carbons (Fsp3) is 0.571. The molecule has 1 amide bonds. The van der Waals surface area contributed by atoms with Gasteiger partial charge < -0.3 is 18.8 Å². The molecular formula is C14H20N6O2. The first-order valence-electron chi connectivity index (χ1n) is 7.36. The molecule has 0 unspecified atom stereocenters. The van der Waals surface area contributed by atoms with E-state index in [1.165, 1.54) is 7.11 Å². The van der Waals surface area contributed by atoms with Crippen LogP contribution in [0.15, 0.2) is 18.7 Å². The van der Waals surface area contributed by atoms with Crippen molar-refractivity contribution in [3.05, 3.63) is 30.4 Å². The Morgan fingerprint density at radius 2 is 2.32 bits per heavy atom. The Kier molecular flexibility index (Phi) is 4.08. The van der Waals surface area contributed by atoms with E-state index in [0.29, 0.717) is 13.1 Å². The van der Waals surface area contributed by atoms with Gasteiger partial charge in [-0.2, -0.15) is 0 Å². The molecule has 1 fully saturated rings. The molecule has 0 aromatic carbocycles. The molecule has 0 saturated carbocycles. The summed E-state index contributed by atoms with van der Waals surface area (Å²) in [5, 5.41) is 8.63. The highest BCUT2D eigenvalue weighted by molar-refractivity contribution is 5.67. The predicted molar refractivity (Wildman–Crippen MR) is 78.3 cm³/mol. The normalized spacial score (nSPS) is 18.5. The largest absolute Gasteiger partial charge is 0.453 e. The van der Waals surface area contributed by atoms with Gasteiger partial charge in [0.1, 0.15) is 5.82 Å². The highest BCUT2D eigenvalue weighted by atomic mass is 16.5. The van der Waals surface area contributed by atoms with Crippen molar-refractivity contribution >= 4 is 6.09 Å². The summed E-state index contributed by atoms with van der Waals surface area (Å²) in [7, 11) is 3.39. The topological polar surface area (TPSA) is 78.1 Å². The van der Waals surface area contributed by atoms with E-state index in [9.17, 15) is 4.79 Å². The van der Waals surface area contributed by atoms with Crippen LogP contribution in [0.5, 0.6) is 0 Å². The summed E-state index contributed by atoms with van der Waals surface area (Å²) in [6.45, 7) is 2.00. The molecule has 118 valence electrons. The van der Waals surface area contributed by atoms with Gasteiger partial charge in [-0.15, -0.1) is 10.2 Å². The summed E-state index contributed by atoms with van der Waals surface area (Å²) < 4.78 is 8.79. The lowest BCUT2D eigenvalue weighted by Crippen LogP contribution is -2.39. The van der Waals surface area contributed by atoms with Crippen LogP contribution in [0.25, 0.3) is 0 Å². The van der Waals surface area contributed by atoms with E-state index in [2.05, 4.69) is 15.2 Å². The average molecular weight is 304 g/mol. The van der Waals surface area contributed by atoms with Crippen LogP contribution >= 0.6 is 0 Å². The Bertz CT molecular complexity index is 636. The summed E-state index contributed by atoms with van der Waals surface area (Å²) >= 11 is 0. The Labute approximate surface area is 128 Å². The maximum atomic E-state index is 11.7. The second-order valence-corrected chi connectivity index (χ2v) is 5.52. The van der Waals surface area contributed by atoms with Gasteiger partial charge in [0.15, 0.2) is 5.82 Å². The molecule has 2 aromatic rings. The highest BCUT2D eigenvalue weighted by Crippen LogP contribution is 2.26. The summed E-state index contributed by atoms with van der Waals surface area (Å²) in [6.07, 6.45) is 7.08. The quantitative estimate of drug-likeness (QED) is 0.845. The average Bonchev–Trinajstić information content (AvgIpc) is 3.18. The number of methoxy groups -OCH3 is 1. The van der Waals surface area contributed by atoms with Gasteiger partial charge >= 0.3 is 6.09 Å². The molecule has 1 aliphatic rings. The number of nitrogens with zero attached hydrogens (tertiary/aromatic N) is 6. The van der Waals surface area contributed by atoms with Crippen LogP contribution in [-0.4, -0.2) is 55.5 Å². The van der Waals surface area contributed by atoms with Gasteiger partial charge in [-0.1, -0.05) is 0 Å². The first-order chi connectivity index (χ1) is 10.7. The second-order valence-electron chi connectivity index (χ2n) is 5.52. The molecule has 0 N–H and O–H groups in total. The molecule has 8 nitrogen and oxygen atoms in total. The van der Waals surface area contributed by atoms with E-state index in [0.717, 1.165) is 31.0 Å². The first kappa shape index (κ1) is 14.6. The van der Waals surface area contributed by atoms with Gasteiger partial charge in [-0.25, -0.2) is 9.78 Å². The second kappa shape index (κ2) is 6.17. The van der Waals surface area contributed by atoms with Crippen molar-refractivity contribution in [2.24, 2.45) is 7.05 Å². The van der Waals surface area contributed by atoms with E-state index in [-0.39, 0.29) is 12.0 Å². The van der Waals surface area contributed by atoms with E-state index >= 15 is 0 Å². The van der Waals surface area contributed by atoms with Gasteiger partial charge in [0.05, 0.1) is 20.0 Å². The maximum absolute atomic E-state index is 11.7. The molecule has 2 aromatic heterocycles. The Morgan fingerprint density at radius 3 is 3.05 bits per heavy atom. The number of amides is 1. The summed E-state index contributed by atoms with van der Waals surface area (Å²) in [4.78, 5) is 17.5. The van der Waals surface area contributed by atoms with Crippen LogP contribution in [0.1, 0.15) is 30.4 Å². The van der Waals surface area contributed by atoms with Gasteiger partial charge in [-0.05, 0) is 12.8 Å². The fourth-order valence-corrected chi connectivity index (χ4v) is 2.89. The molecule has 0 radical (unpaired) electrons.